The van der Waals surface area contributed by atoms with Gasteiger partial charge in [0.2, 0.25) is 11.8 Å². The van der Waals surface area contributed by atoms with Crippen molar-refractivity contribution in [3.8, 4) is 28.3 Å². The largest absolute Gasteiger partial charge is 0.508 e. The molecule has 0 aliphatic carbocycles. The van der Waals surface area contributed by atoms with Crippen molar-refractivity contribution in [1.29, 1.82) is 0 Å². The molecule has 70 heavy (non-hydrogen) atoms. The lowest BCUT2D eigenvalue weighted by molar-refractivity contribution is -0.156. The number of aliphatic hydroxyl groups is 1. The van der Waals surface area contributed by atoms with Gasteiger partial charge >= 0.3 is 0 Å². The van der Waals surface area contributed by atoms with Crippen LogP contribution in [0.15, 0.2) is 67.4 Å². The summed E-state index contributed by atoms with van der Waals surface area (Å²) in [5, 5.41) is 28.2. The van der Waals surface area contributed by atoms with Crippen LogP contribution >= 0.6 is 0 Å². The van der Waals surface area contributed by atoms with Crippen LogP contribution in [0.25, 0.3) is 33.4 Å². The highest BCUT2D eigenvalue weighted by Crippen LogP contribution is 2.41. The number of hydrazine groups is 1. The minimum Gasteiger partial charge on any atom is -0.508 e. The van der Waals surface area contributed by atoms with E-state index in [2.05, 4.69) is 65.8 Å². The number of carbonyl (C=O) groups excluding carboxylic acids is 5. The molecule has 17 heteroatoms. The smallest absolute Gasteiger partial charge is 0.259 e. The van der Waals surface area contributed by atoms with Crippen LogP contribution in [0.4, 0.5) is 5.69 Å². The van der Waals surface area contributed by atoms with E-state index in [9.17, 15) is 34.2 Å². The number of phenolic OH excluding ortho intramolecular Hbond substituents is 1. The van der Waals surface area contributed by atoms with E-state index >= 15 is 0 Å². The van der Waals surface area contributed by atoms with Crippen molar-refractivity contribution in [1.82, 2.24) is 35.1 Å². The average molecular weight is 961 g/mol. The maximum atomic E-state index is 14.9. The van der Waals surface area contributed by atoms with Crippen LogP contribution in [-0.2, 0) is 52.8 Å². The third-order valence-corrected chi connectivity index (χ3v) is 14.5. The average Bonchev–Trinajstić information content (AvgIpc) is 3.87. The van der Waals surface area contributed by atoms with Crippen LogP contribution < -0.4 is 15.6 Å². The Balaban J connectivity index is 1.19. The van der Waals surface area contributed by atoms with Crippen molar-refractivity contribution in [2.45, 2.75) is 103 Å². The lowest BCUT2D eigenvalue weighted by Crippen LogP contribution is -2.66. The van der Waals surface area contributed by atoms with Crippen molar-refractivity contribution in [3.63, 3.8) is 0 Å². The van der Waals surface area contributed by atoms with Gasteiger partial charge in [-0.2, -0.15) is 0 Å². The topological polar surface area (TPSA) is 199 Å². The standard InChI is InChI=1S/C53H68N8O9/c1-9-45(64)58-19-16-53(68,29-58)50(67)57(7)46(33(3)4)48(65)55-43-22-34-20-36(23-38(63)21-34)35-12-13-44-40(24-35)41(26-51(5,6)31-70-32-52(30-62)15-11-18-61(56-52)49(43)66)47(60(44)10-2)42-25-37(14-17-54-42)59-27-39(28-59)69-8/h9,12-14,17,20-21,23-25,30,33,39,43,46,56,63,68H,1,10-11,15-16,18-19,22,26-29,31-32H2,2-8H3,(H,55,65)/t43-,46-,52?,53+/m0/s1. The number of methoxy groups -OCH3 is 1. The first-order valence-electron chi connectivity index (χ1n) is 24.4. The van der Waals surface area contributed by atoms with E-state index in [1.807, 2.05) is 24.4 Å². The Hall–Kier alpha value is -6.14. The number of hydrogen-bond donors (Lipinski definition) is 4. The van der Waals surface area contributed by atoms with Crippen LogP contribution in [0.1, 0.15) is 65.0 Å². The highest BCUT2D eigenvalue weighted by Gasteiger charge is 2.48. The minimum absolute atomic E-state index is 0.0205. The second-order valence-corrected chi connectivity index (χ2v) is 20.8. The molecule has 2 aromatic carbocycles. The van der Waals surface area contributed by atoms with Crippen LogP contribution in [0, 0.1) is 11.3 Å². The molecule has 374 valence electrons. The van der Waals surface area contributed by atoms with Gasteiger partial charge in [-0.25, -0.2) is 5.43 Å². The molecule has 4 aliphatic rings. The first-order chi connectivity index (χ1) is 33.3. The van der Waals surface area contributed by atoms with E-state index < -0.39 is 58.2 Å². The van der Waals surface area contributed by atoms with Gasteiger partial charge in [0, 0.05) is 82.5 Å². The number of amides is 4. The van der Waals surface area contributed by atoms with Gasteiger partial charge in [0.25, 0.3) is 11.8 Å². The summed E-state index contributed by atoms with van der Waals surface area (Å²) >= 11 is 0. The molecule has 0 saturated carbocycles. The Morgan fingerprint density at radius 3 is 2.54 bits per heavy atom. The SMILES string of the molecule is C=CC(=O)N1CC[C@](O)(C(=O)N(C)[C@H](C(=O)N[C@H]2Cc3cc(O)cc(c3)-c3ccc4c(c3)c(c(-c3cc(N5CC(OC)C5)ccn3)n4CC)CC(C)(C)COCC3(C=O)CCCN(N3)C2=O)C(C)C)C1. The quantitative estimate of drug-likeness (QED) is 0.123. The number of nitrogens with zero attached hydrogens (tertiary/aromatic N) is 6. The molecule has 0 spiro atoms. The lowest BCUT2D eigenvalue weighted by Gasteiger charge is -2.42. The number of rotatable bonds is 11. The first-order valence-corrected chi connectivity index (χ1v) is 24.4. The third-order valence-electron chi connectivity index (χ3n) is 14.5. The summed E-state index contributed by atoms with van der Waals surface area (Å²) in [5.41, 5.74) is 6.62. The molecular formula is C53H68N8O9. The number of aldehydes is 1. The van der Waals surface area contributed by atoms with Crippen LogP contribution in [0.2, 0.25) is 0 Å². The first kappa shape index (κ1) is 50.3. The van der Waals surface area contributed by atoms with E-state index in [-0.39, 0.29) is 57.5 Å². The highest BCUT2D eigenvalue weighted by molar-refractivity contribution is 5.97. The lowest BCUT2D eigenvalue weighted by atomic mass is 9.84. The predicted octanol–water partition coefficient (Wildman–Crippen LogP) is 4.25. The van der Waals surface area contributed by atoms with Crippen LogP contribution in [0.3, 0.4) is 0 Å². The van der Waals surface area contributed by atoms with E-state index in [1.165, 1.54) is 21.9 Å². The van der Waals surface area contributed by atoms with Gasteiger partial charge in [-0.05, 0) is 102 Å². The van der Waals surface area contributed by atoms with Gasteiger partial charge in [0.1, 0.15) is 29.7 Å². The van der Waals surface area contributed by atoms with Gasteiger partial charge < -0.3 is 49.1 Å². The van der Waals surface area contributed by atoms with Crippen molar-refractivity contribution < 1.29 is 43.7 Å². The van der Waals surface area contributed by atoms with Gasteiger partial charge in [-0.1, -0.05) is 46.4 Å². The van der Waals surface area contributed by atoms with Crippen molar-refractivity contribution in [2.75, 3.05) is 65.0 Å². The molecule has 4 amide bonds. The highest BCUT2D eigenvalue weighted by atomic mass is 16.5. The van der Waals surface area contributed by atoms with Gasteiger partial charge in [-0.3, -0.25) is 29.2 Å². The number of benzene rings is 2. The zero-order valence-electron chi connectivity index (χ0n) is 41.5. The summed E-state index contributed by atoms with van der Waals surface area (Å²) in [5.74, 6) is -2.84. The van der Waals surface area contributed by atoms with Gasteiger partial charge in [0.15, 0.2) is 5.60 Å². The molecule has 4 aliphatic heterocycles. The number of phenols is 1. The zero-order valence-corrected chi connectivity index (χ0v) is 41.5. The number of aromatic hydroxyl groups is 1. The predicted molar refractivity (Wildman–Crippen MR) is 266 cm³/mol. The fourth-order valence-electron chi connectivity index (χ4n) is 10.8. The molecule has 2 aromatic heterocycles. The maximum Gasteiger partial charge on any atom is 0.259 e. The molecule has 4 atom stereocenters. The molecule has 4 N–H and O–H groups in total. The molecule has 6 bridgehead atoms. The molecule has 4 aromatic rings. The third kappa shape index (κ3) is 9.94. The maximum absolute atomic E-state index is 14.9. The Kier molecular flexibility index (Phi) is 14.3. The number of hydrogen-bond acceptors (Lipinski definition) is 12. The number of likely N-dealkylation sites (tertiary alicyclic amines) is 1. The van der Waals surface area contributed by atoms with Gasteiger partial charge in [-0.15, -0.1) is 0 Å². The number of ether oxygens (including phenoxy) is 2. The number of anilines is 1. The summed E-state index contributed by atoms with van der Waals surface area (Å²) < 4.78 is 14.4. The Morgan fingerprint density at radius 2 is 1.84 bits per heavy atom. The summed E-state index contributed by atoms with van der Waals surface area (Å²) in [6, 6.07) is 13.2. The normalized spacial score (nSPS) is 23.4. The van der Waals surface area contributed by atoms with Crippen molar-refractivity contribution in [2.24, 2.45) is 11.3 Å². The summed E-state index contributed by atoms with van der Waals surface area (Å²) in [6.45, 7) is 16.1. The fraction of sp³-hybridized carbons (Fsp3) is 0.509. The number of β-amino-alcohol motifs (C(OH)–C–C–N with tert-alkyl or cyclic N) is 1. The number of likely N-dealkylation sites (N-methyl/N-ethyl adjacent to an activating group) is 1. The number of carbonyl (C=O) groups is 5. The zero-order chi connectivity index (χ0) is 50.3. The minimum atomic E-state index is -1.93. The fourth-order valence-corrected chi connectivity index (χ4v) is 10.8. The Morgan fingerprint density at radius 1 is 1.07 bits per heavy atom. The molecule has 6 heterocycles. The summed E-state index contributed by atoms with van der Waals surface area (Å²) in [4.78, 5) is 78.8. The molecule has 8 rings (SSSR count). The number of pyridine rings is 1. The number of fused-ring (bicyclic) bond motifs is 6. The molecule has 1 unspecified atom stereocenters. The van der Waals surface area contributed by atoms with E-state index in [4.69, 9.17) is 14.5 Å². The molecule has 17 nitrogen and oxygen atoms in total. The number of aromatic nitrogens is 2. The van der Waals surface area contributed by atoms with Crippen molar-refractivity contribution >= 4 is 46.5 Å². The van der Waals surface area contributed by atoms with E-state index in [0.29, 0.717) is 36.9 Å². The molecular weight excluding hydrogens is 893 g/mol. The van der Waals surface area contributed by atoms with Crippen LogP contribution in [-0.4, -0.2) is 154 Å². The summed E-state index contributed by atoms with van der Waals surface area (Å²) in [6.07, 6.45) is 5.32. The van der Waals surface area contributed by atoms with E-state index in [1.54, 1.807) is 33.1 Å². The Labute approximate surface area is 409 Å². The second kappa shape index (κ2) is 19.9. The monoisotopic (exact) mass is 961 g/mol. The number of aryl methyl sites for hydroxylation is 1. The van der Waals surface area contributed by atoms with Crippen molar-refractivity contribution in [3.05, 3.63) is 78.5 Å². The van der Waals surface area contributed by atoms with Crippen LogP contribution in [0.5, 0.6) is 5.75 Å². The van der Waals surface area contributed by atoms with E-state index in [0.717, 1.165) is 64.6 Å². The number of nitrogens with one attached hydrogen (secondary N) is 2. The second-order valence-electron chi connectivity index (χ2n) is 20.8. The molecule has 0 radical (unpaired) electrons. The Bertz CT molecular complexity index is 2680. The van der Waals surface area contributed by atoms with Gasteiger partial charge in [0.05, 0.1) is 37.3 Å². The molecule has 3 saturated heterocycles. The summed E-state index contributed by atoms with van der Waals surface area (Å²) in [7, 11) is 3.17. The molecule has 3 fully saturated rings.